The Hall–Kier alpha value is -2.16. The zero-order chi connectivity index (χ0) is 22.3. The second-order valence-corrected chi connectivity index (χ2v) is 8.42. The summed E-state index contributed by atoms with van der Waals surface area (Å²) in [6.45, 7) is 2.48. The van der Waals surface area contributed by atoms with Crippen LogP contribution in [0.4, 0.5) is 0 Å². The third kappa shape index (κ3) is 5.93. The largest absolute Gasteiger partial charge is 0.467 e. The fourth-order valence-corrected chi connectivity index (χ4v) is 4.46. The Morgan fingerprint density at radius 3 is 2.47 bits per heavy atom. The van der Waals surface area contributed by atoms with Crippen LogP contribution in [-0.2, 0) is 23.9 Å². The fraction of sp³-hybridized carbons (Fsp3) is 0.810. The first-order chi connectivity index (χ1) is 14.3. The van der Waals surface area contributed by atoms with Gasteiger partial charge in [0.2, 0.25) is 17.7 Å². The number of ether oxygens (including phenoxy) is 1. The molecular weight excluding hydrogens is 388 g/mol. The normalized spacial score (nSPS) is 22.1. The lowest BCUT2D eigenvalue weighted by Gasteiger charge is -2.32. The maximum absolute atomic E-state index is 13.1. The fourth-order valence-electron chi connectivity index (χ4n) is 4.46. The maximum atomic E-state index is 13.1. The van der Waals surface area contributed by atoms with E-state index in [0.29, 0.717) is 25.8 Å². The number of hydrogen-bond donors (Lipinski definition) is 3. The van der Waals surface area contributed by atoms with E-state index >= 15 is 0 Å². The third-order valence-corrected chi connectivity index (χ3v) is 6.36. The molecule has 30 heavy (non-hydrogen) atoms. The summed E-state index contributed by atoms with van der Waals surface area (Å²) in [5, 5.41) is 5.45. The zero-order valence-electron chi connectivity index (χ0n) is 18.3. The van der Waals surface area contributed by atoms with E-state index in [9.17, 15) is 19.2 Å². The Morgan fingerprint density at radius 2 is 1.93 bits per heavy atom. The summed E-state index contributed by atoms with van der Waals surface area (Å²) in [4.78, 5) is 51.5. The van der Waals surface area contributed by atoms with Crippen molar-refractivity contribution in [2.75, 3.05) is 20.7 Å². The monoisotopic (exact) mass is 424 g/mol. The number of carbonyl (C=O) groups excluding carboxylic acids is 4. The summed E-state index contributed by atoms with van der Waals surface area (Å²) in [6.07, 6.45) is 5.91. The lowest BCUT2D eigenvalue weighted by atomic mass is 9.96. The molecule has 2 aliphatic rings. The van der Waals surface area contributed by atoms with Gasteiger partial charge in [0.05, 0.1) is 13.2 Å². The van der Waals surface area contributed by atoms with Crippen LogP contribution in [0.15, 0.2) is 0 Å². The van der Waals surface area contributed by atoms with E-state index in [0.717, 1.165) is 25.7 Å². The number of rotatable bonds is 10. The van der Waals surface area contributed by atoms with Gasteiger partial charge in [-0.05, 0) is 38.0 Å². The van der Waals surface area contributed by atoms with Crippen LogP contribution in [0.3, 0.4) is 0 Å². The Morgan fingerprint density at radius 1 is 1.27 bits per heavy atom. The van der Waals surface area contributed by atoms with Crippen LogP contribution in [0.1, 0.15) is 58.3 Å². The van der Waals surface area contributed by atoms with Crippen LogP contribution in [0, 0.1) is 11.8 Å². The standard InChI is InChI=1S/C21H36N4O5/c1-4-7-16(25(2)20(28)17(22)13-8-5-6-9-13)19(27)24-15(21(29)30-3)12-14-10-11-23-18(14)26/h13-17H,4-12,22H2,1-3H3,(H,23,26)(H,24,27)/t14-,15-,16-,17+/m0/s1. The van der Waals surface area contributed by atoms with Gasteiger partial charge in [-0.2, -0.15) is 0 Å². The van der Waals surface area contributed by atoms with Gasteiger partial charge >= 0.3 is 5.97 Å². The number of likely N-dealkylation sites (N-methyl/N-ethyl adjacent to an activating group) is 1. The Kier molecular flexibility index (Phi) is 9.08. The van der Waals surface area contributed by atoms with E-state index in [-0.39, 0.29) is 30.1 Å². The second-order valence-electron chi connectivity index (χ2n) is 8.42. The average Bonchev–Trinajstić information content (AvgIpc) is 3.41. The molecule has 1 saturated carbocycles. The van der Waals surface area contributed by atoms with E-state index in [4.69, 9.17) is 10.5 Å². The molecule has 0 unspecified atom stereocenters. The van der Waals surface area contributed by atoms with Crippen LogP contribution < -0.4 is 16.4 Å². The van der Waals surface area contributed by atoms with Crippen molar-refractivity contribution in [2.45, 2.75) is 76.4 Å². The quantitative estimate of drug-likeness (QED) is 0.433. The number of nitrogens with zero attached hydrogens (tertiary/aromatic N) is 1. The minimum atomic E-state index is -0.942. The molecule has 9 heteroatoms. The molecule has 1 saturated heterocycles. The molecule has 1 heterocycles. The first kappa shape index (κ1) is 24.1. The maximum Gasteiger partial charge on any atom is 0.328 e. The number of nitrogens with one attached hydrogen (secondary N) is 2. The molecular formula is C21H36N4O5. The van der Waals surface area contributed by atoms with Crippen molar-refractivity contribution in [3.63, 3.8) is 0 Å². The topological polar surface area (TPSA) is 131 Å². The summed E-state index contributed by atoms with van der Waals surface area (Å²) < 4.78 is 4.83. The summed E-state index contributed by atoms with van der Waals surface area (Å²) in [5.41, 5.74) is 6.21. The first-order valence-electron chi connectivity index (χ1n) is 11.0. The minimum absolute atomic E-state index is 0.127. The number of methoxy groups -OCH3 is 1. The van der Waals surface area contributed by atoms with Gasteiger partial charge in [-0.1, -0.05) is 26.2 Å². The molecule has 2 fully saturated rings. The molecule has 1 aliphatic heterocycles. The van der Waals surface area contributed by atoms with Crippen molar-refractivity contribution in [1.82, 2.24) is 15.5 Å². The van der Waals surface area contributed by atoms with E-state index in [1.807, 2.05) is 6.92 Å². The van der Waals surface area contributed by atoms with E-state index in [1.54, 1.807) is 7.05 Å². The minimum Gasteiger partial charge on any atom is -0.467 e. The highest BCUT2D eigenvalue weighted by molar-refractivity contribution is 5.92. The lowest BCUT2D eigenvalue weighted by Crippen LogP contribution is -2.56. The highest BCUT2D eigenvalue weighted by atomic mass is 16.5. The predicted octanol–water partition coefficient (Wildman–Crippen LogP) is 0.315. The summed E-state index contributed by atoms with van der Waals surface area (Å²) >= 11 is 0. The molecule has 0 radical (unpaired) electrons. The third-order valence-electron chi connectivity index (χ3n) is 6.36. The number of carbonyl (C=O) groups is 4. The van der Waals surface area contributed by atoms with Crippen molar-refractivity contribution in [3.8, 4) is 0 Å². The molecule has 4 N–H and O–H groups in total. The van der Waals surface area contributed by atoms with Gasteiger partial charge in [0.1, 0.15) is 12.1 Å². The average molecular weight is 425 g/mol. The molecule has 0 spiro atoms. The molecule has 1 aliphatic carbocycles. The van der Waals surface area contributed by atoms with Crippen molar-refractivity contribution >= 4 is 23.7 Å². The van der Waals surface area contributed by atoms with E-state index in [1.165, 1.54) is 12.0 Å². The summed E-state index contributed by atoms with van der Waals surface area (Å²) in [7, 11) is 2.84. The Balaban J connectivity index is 2.07. The highest BCUT2D eigenvalue weighted by Gasteiger charge is 2.37. The van der Waals surface area contributed by atoms with Crippen LogP contribution in [0.5, 0.6) is 0 Å². The summed E-state index contributed by atoms with van der Waals surface area (Å²) in [5.74, 6) is -1.61. The van der Waals surface area contributed by atoms with Gasteiger partial charge in [-0.25, -0.2) is 4.79 Å². The molecule has 2 rings (SSSR count). The van der Waals surface area contributed by atoms with Gasteiger partial charge in [0, 0.05) is 19.5 Å². The molecule has 3 amide bonds. The van der Waals surface area contributed by atoms with Gasteiger partial charge in [0.15, 0.2) is 0 Å². The highest BCUT2D eigenvalue weighted by Crippen LogP contribution is 2.28. The van der Waals surface area contributed by atoms with E-state index in [2.05, 4.69) is 10.6 Å². The first-order valence-corrected chi connectivity index (χ1v) is 11.0. The SMILES string of the molecule is CCC[C@@H](C(=O)N[C@@H](C[C@@H]1CCNC1=O)C(=O)OC)N(C)C(=O)[C@H](N)C1CCCC1. The smallest absolute Gasteiger partial charge is 0.328 e. The molecule has 4 atom stereocenters. The second kappa shape index (κ2) is 11.3. The number of hydrogen-bond acceptors (Lipinski definition) is 6. The predicted molar refractivity (Wildman–Crippen MR) is 111 cm³/mol. The zero-order valence-corrected chi connectivity index (χ0v) is 18.3. The van der Waals surface area contributed by atoms with Gasteiger partial charge < -0.3 is 26.0 Å². The molecule has 0 aromatic heterocycles. The molecule has 0 aromatic carbocycles. The van der Waals surface area contributed by atoms with Gasteiger partial charge in [-0.15, -0.1) is 0 Å². The van der Waals surface area contributed by atoms with E-state index < -0.39 is 30.0 Å². The molecule has 0 bridgehead atoms. The lowest BCUT2D eigenvalue weighted by molar-refractivity contribution is -0.147. The molecule has 9 nitrogen and oxygen atoms in total. The van der Waals surface area contributed by atoms with Crippen molar-refractivity contribution in [3.05, 3.63) is 0 Å². The van der Waals surface area contributed by atoms with Gasteiger partial charge in [0.25, 0.3) is 0 Å². The molecule has 170 valence electrons. The van der Waals surface area contributed by atoms with Crippen LogP contribution in [0.2, 0.25) is 0 Å². The van der Waals surface area contributed by atoms with Crippen molar-refractivity contribution in [2.24, 2.45) is 17.6 Å². The van der Waals surface area contributed by atoms with Crippen LogP contribution in [-0.4, -0.2) is 67.4 Å². The van der Waals surface area contributed by atoms with Crippen LogP contribution >= 0.6 is 0 Å². The van der Waals surface area contributed by atoms with Gasteiger partial charge in [-0.3, -0.25) is 14.4 Å². The summed E-state index contributed by atoms with van der Waals surface area (Å²) in [6, 6.07) is -2.30. The molecule has 0 aromatic rings. The number of amides is 3. The van der Waals surface area contributed by atoms with Crippen molar-refractivity contribution in [1.29, 1.82) is 0 Å². The number of esters is 1. The van der Waals surface area contributed by atoms with Crippen LogP contribution in [0.25, 0.3) is 0 Å². The Bertz CT molecular complexity index is 635. The number of nitrogens with two attached hydrogens (primary N) is 1. The van der Waals surface area contributed by atoms with Crippen molar-refractivity contribution < 1.29 is 23.9 Å². The Labute approximate surface area is 178 Å².